The molecule has 8 heteroatoms. The monoisotopic (exact) mass is 518 g/mol. The van der Waals surface area contributed by atoms with Gasteiger partial charge in [0.25, 0.3) is 5.91 Å². The molecule has 2 aliphatic rings. The molecule has 0 saturated carbocycles. The molecule has 2 aliphatic heterocycles. The molecular weight excluding hydrogens is 499 g/mol. The van der Waals surface area contributed by atoms with Crippen LogP contribution in [0, 0.1) is 12.8 Å². The second-order valence-corrected chi connectivity index (χ2v) is 9.68. The number of halogens is 2. The zero-order valence-electron chi connectivity index (χ0n) is 19.1. The molecule has 2 amide bonds. The van der Waals surface area contributed by atoms with Gasteiger partial charge in [-0.05, 0) is 61.5 Å². The lowest BCUT2D eigenvalue weighted by Crippen LogP contribution is -2.37. The maximum atomic E-state index is 13.7. The van der Waals surface area contributed by atoms with E-state index in [-0.39, 0.29) is 5.91 Å². The first-order valence-corrected chi connectivity index (χ1v) is 12.2. The van der Waals surface area contributed by atoms with E-state index in [0.29, 0.717) is 38.5 Å². The number of imide groups is 1. The van der Waals surface area contributed by atoms with Gasteiger partial charge in [-0.1, -0.05) is 59.1 Å². The van der Waals surface area contributed by atoms with Gasteiger partial charge in [0.15, 0.2) is 6.10 Å². The van der Waals surface area contributed by atoms with Crippen molar-refractivity contribution in [2.24, 2.45) is 5.92 Å². The maximum Gasteiger partial charge on any atom is 0.266 e. The van der Waals surface area contributed by atoms with Crippen LogP contribution >= 0.6 is 23.2 Å². The van der Waals surface area contributed by atoms with Crippen LogP contribution in [0.3, 0.4) is 0 Å². The first-order valence-electron chi connectivity index (χ1n) is 11.4. The Morgan fingerprint density at radius 3 is 2.28 bits per heavy atom. The van der Waals surface area contributed by atoms with E-state index in [0.717, 1.165) is 5.56 Å². The number of carbonyl (C=O) groups is 2. The minimum absolute atomic E-state index is 0.334. The summed E-state index contributed by atoms with van der Waals surface area (Å²) < 4.78 is 6.24. The van der Waals surface area contributed by atoms with Crippen molar-refractivity contribution < 1.29 is 18.8 Å². The second kappa shape index (κ2) is 8.82. The predicted molar refractivity (Wildman–Crippen MR) is 138 cm³/mol. The van der Waals surface area contributed by atoms with Crippen LogP contribution < -0.4 is 9.96 Å². The minimum atomic E-state index is -0.975. The summed E-state index contributed by atoms with van der Waals surface area (Å²) in [6, 6.07) is 24.7. The van der Waals surface area contributed by atoms with E-state index in [1.807, 2.05) is 49.4 Å². The number of nitrogens with zero attached hydrogens (tertiary/aromatic N) is 2. The Kier molecular flexibility index (Phi) is 5.60. The van der Waals surface area contributed by atoms with E-state index in [9.17, 15) is 9.59 Å². The molecule has 0 aliphatic carbocycles. The number of benzene rings is 3. The Labute approximate surface area is 217 Å². The zero-order chi connectivity index (χ0) is 25.0. The minimum Gasteiger partial charge on any atom is -0.459 e. The summed E-state index contributed by atoms with van der Waals surface area (Å²) in [5, 5.41) is 2.56. The van der Waals surface area contributed by atoms with Gasteiger partial charge in [-0.3, -0.25) is 14.4 Å². The number of rotatable bonds is 4. The molecule has 0 spiro atoms. The fourth-order valence-electron chi connectivity index (χ4n) is 4.80. The normalized spacial score (nSPS) is 21.4. The zero-order valence-corrected chi connectivity index (χ0v) is 20.6. The molecule has 0 unspecified atom stereocenters. The average molecular weight is 519 g/mol. The average Bonchev–Trinajstić information content (AvgIpc) is 3.56. The van der Waals surface area contributed by atoms with Crippen LogP contribution in [0.4, 0.5) is 11.4 Å². The Balaban J connectivity index is 1.42. The van der Waals surface area contributed by atoms with Crippen LogP contribution in [-0.4, -0.2) is 17.9 Å². The number of para-hydroxylation sites is 1. The van der Waals surface area contributed by atoms with Gasteiger partial charge in [0.2, 0.25) is 5.91 Å². The quantitative estimate of drug-likeness (QED) is 0.284. The molecule has 6 nitrogen and oxygen atoms in total. The van der Waals surface area contributed by atoms with Crippen LogP contribution in [0.25, 0.3) is 11.3 Å². The summed E-state index contributed by atoms with van der Waals surface area (Å²) >= 11 is 12.5. The van der Waals surface area contributed by atoms with Crippen LogP contribution in [0.5, 0.6) is 0 Å². The van der Waals surface area contributed by atoms with Gasteiger partial charge in [-0.15, -0.1) is 0 Å². The summed E-state index contributed by atoms with van der Waals surface area (Å²) in [6.07, 6.45) is -0.975. The van der Waals surface area contributed by atoms with Gasteiger partial charge in [-0.2, -0.15) is 0 Å². The molecular formula is C28H20Cl2N2O4. The fourth-order valence-corrected chi connectivity index (χ4v) is 5.30. The van der Waals surface area contributed by atoms with Gasteiger partial charge in [-0.25, -0.2) is 9.96 Å². The largest absolute Gasteiger partial charge is 0.459 e. The van der Waals surface area contributed by atoms with E-state index < -0.39 is 24.0 Å². The first kappa shape index (κ1) is 22.9. The number of anilines is 2. The highest BCUT2D eigenvalue weighted by Gasteiger charge is 2.61. The number of fused-ring (bicyclic) bond motifs is 1. The molecule has 3 heterocycles. The van der Waals surface area contributed by atoms with Gasteiger partial charge in [0, 0.05) is 10.6 Å². The van der Waals surface area contributed by atoms with Gasteiger partial charge in [0.05, 0.1) is 16.4 Å². The van der Waals surface area contributed by atoms with Crippen molar-refractivity contribution >= 4 is 46.4 Å². The Morgan fingerprint density at radius 2 is 1.56 bits per heavy atom. The van der Waals surface area contributed by atoms with Crippen molar-refractivity contribution in [2.45, 2.75) is 19.1 Å². The second-order valence-electron chi connectivity index (χ2n) is 8.83. The van der Waals surface area contributed by atoms with Crippen molar-refractivity contribution in [1.29, 1.82) is 0 Å². The third kappa shape index (κ3) is 3.69. The molecule has 1 aromatic heterocycles. The fraction of sp³-hybridized carbons (Fsp3) is 0.143. The van der Waals surface area contributed by atoms with E-state index in [1.54, 1.807) is 47.5 Å². The van der Waals surface area contributed by atoms with Crippen LogP contribution in [0.2, 0.25) is 10.0 Å². The lowest BCUT2D eigenvalue weighted by atomic mass is 9.94. The number of hydroxylamine groups is 1. The molecule has 6 rings (SSSR count). The van der Waals surface area contributed by atoms with Gasteiger partial charge >= 0.3 is 0 Å². The first-order chi connectivity index (χ1) is 17.4. The SMILES string of the molecule is Cc1ccc(N2C(=O)[C@@H]3[C@H](ON(c4ccccc4)[C@@H]3c3ccc(-c4ccc(Cl)cc4Cl)o3)C2=O)cc1. The molecule has 3 aromatic carbocycles. The summed E-state index contributed by atoms with van der Waals surface area (Å²) in [5.74, 6) is -0.516. The van der Waals surface area contributed by atoms with Crippen LogP contribution in [0.1, 0.15) is 17.4 Å². The molecule has 0 radical (unpaired) electrons. The molecule has 0 N–H and O–H groups in total. The summed E-state index contributed by atoms with van der Waals surface area (Å²) in [7, 11) is 0. The Hall–Kier alpha value is -3.58. The maximum absolute atomic E-state index is 13.7. The lowest BCUT2D eigenvalue weighted by molar-refractivity contribution is -0.126. The lowest BCUT2D eigenvalue weighted by Gasteiger charge is -2.27. The highest BCUT2D eigenvalue weighted by atomic mass is 35.5. The van der Waals surface area contributed by atoms with Crippen molar-refractivity contribution in [3.05, 3.63) is 106 Å². The number of amides is 2. The Bertz CT molecular complexity index is 1470. The van der Waals surface area contributed by atoms with Crippen LogP contribution in [-0.2, 0) is 14.4 Å². The standard InChI is InChI=1S/C28H20Cl2N2O4/c1-16-7-10-18(11-8-16)31-27(33)24-25(32(36-26(24)28(31)34)19-5-3-2-4-6-19)23-14-13-22(35-23)20-12-9-17(29)15-21(20)30/h2-15,24-26H,1H3/t24-,25+,26-/m0/s1. The van der Waals surface area contributed by atoms with E-state index >= 15 is 0 Å². The molecule has 2 saturated heterocycles. The molecule has 4 aromatic rings. The number of aryl methyl sites for hydroxylation is 1. The Morgan fingerprint density at radius 1 is 0.806 bits per heavy atom. The van der Waals surface area contributed by atoms with Crippen molar-refractivity contribution in [1.82, 2.24) is 0 Å². The smallest absolute Gasteiger partial charge is 0.266 e. The van der Waals surface area contributed by atoms with Gasteiger partial charge < -0.3 is 4.42 Å². The molecule has 36 heavy (non-hydrogen) atoms. The highest BCUT2D eigenvalue weighted by molar-refractivity contribution is 6.36. The molecule has 180 valence electrons. The van der Waals surface area contributed by atoms with Crippen LogP contribution in [0.15, 0.2) is 89.3 Å². The number of carbonyl (C=O) groups excluding carboxylic acids is 2. The van der Waals surface area contributed by atoms with E-state index in [4.69, 9.17) is 32.5 Å². The highest BCUT2D eigenvalue weighted by Crippen LogP contribution is 2.48. The van der Waals surface area contributed by atoms with Gasteiger partial charge in [0.1, 0.15) is 23.5 Å². The predicted octanol–water partition coefficient (Wildman–Crippen LogP) is 6.61. The van der Waals surface area contributed by atoms with E-state index in [1.165, 1.54) is 4.90 Å². The summed E-state index contributed by atoms with van der Waals surface area (Å²) in [4.78, 5) is 34.5. The molecule has 3 atom stereocenters. The van der Waals surface area contributed by atoms with Crippen molar-refractivity contribution in [2.75, 3.05) is 9.96 Å². The third-order valence-electron chi connectivity index (χ3n) is 6.53. The number of hydrogen-bond donors (Lipinski definition) is 0. The molecule has 2 fully saturated rings. The summed E-state index contributed by atoms with van der Waals surface area (Å²) in [6.45, 7) is 1.95. The number of hydrogen-bond acceptors (Lipinski definition) is 5. The summed E-state index contributed by atoms with van der Waals surface area (Å²) in [5.41, 5.74) is 2.93. The molecule has 0 bridgehead atoms. The topological polar surface area (TPSA) is 63.0 Å². The van der Waals surface area contributed by atoms with E-state index in [2.05, 4.69) is 0 Å². The third-order valence-corrected chi connectivity index (χ3v) is 7.08. The van der Waals surface area contributed by atoms with Crippen molar-refractivity contribution in [3.63, 3.8) is 0 Å². The number of furan rings is 1. The van der Waals surface area contributed by atoms with Crippen molar-refractivity contribution in [3.8, 4) is 11.3 Å².